The number of benzene rings is 2. The highest BCUT2D eigenvalue weighted by molar-refractivity contribution is 7.87. The summed E-state index contributed by atoms with van der Waals surface area (Å²) in [7, 11) is -2.56. The molecule has 9 heteroatoms. The summed E-state index contributed by atoms with van der Waals surface area (Å²) in [5.41, 5.74) is 2.93. The van der Waals surface area contributed by atoms with Gasteiger partial charge in [-0.25, -0.2) is 0 Å². The molecule has 7 nitrogen and oxygen atoms in total. The van der Waals surface area contributed by atoms with Crippen molar-refractivity contribution >= 4 is 33.3 Å². The molecule has 0 spiro atoms. The fraction of sp³-hybridized carbons (Fsp3) is 0.455. The number of Topliss-reactive ketones (excluding diaryl/α,β-unsaturated/α-hetero) is 2. The van der Waals surface area contributed by atoms with Crippen LogP contribution in [0.1, 0.15) is 71.3 Å². The summed E-state index contributed by atoms with van der Waals surface area (Å²) in [5, 5.41) is 0.406. The van der Waals surface area contributed by atoms with Crippen LogP contribution >= 0.6 is 11.6 Å². The first-order valence-electron chi connectivity index (χ1n) is 14.3. The maximum Gasteiger partial charge on any atom is 0.339 e. The lowest BCUT2D eigenvalue weighted by Gasteiger charge is -2.49. The van der Waals surface area contributed by atoms with Crippen LogP contribution < -0.4 is 4.18 Å². The number of methoxy groups -OCH3 is 1. The molecule has 1 heterocycles. The third-order valence-corrected chi connectivity index (χ3v) is 9.78. The molecule has 224 valence electrons. The summed E-state index contributed by atoms with van der Waals surface area (Å²) in [6, 6.07) is 12.6. The first kappa shape index (κ1) is 30.5. The van der Waals surface area contributed by atoms with E-state index in [4.69, 9.17) is 20.5 Å². The first-order valence-corrected chi connectivity index (χ1v) is 16.1. The highest BCUT2D eigenvalue weighted by Gasteiger charge is 2.49. The van der Waals surface area contributed by atoms with Gasteiger partial charge >= 0.3 is 10.1 Å². The number of carbonyl (C=O) groups excluding carboxylic acids is 2. The third kappa shape index (κ3) is 5.94. The summed E-state index contributed by atoms with van der Waals surface area (Å²) >= 11 is 5.98. The van der Waals surface area contributed by atoms with Gasteiger partial charge in [0.2, 0.25) is 0 Å². The third-order valence-electron chi connectivity index (χ3n) is 8.28. The number of halogens is 1. The molecule has 0 unspecified atom stereocenters. The molecule has 0 saturated carbocycles. The van der Waals surface area contributed by atoms with Gasteiger partial charge < -0.3 is 13.8 Å². The Morgan fingerprint density at radius 1 is 0.857 bits per heavy atom. The van der Waals surface area contributed by atoms with Crippen LogP contribution in [0.25, 0.3) is 0 Å². The molecular formula is C33H38ClNO6S. The number of ketones is 2. The van der Waals surface area contributed by atoms with Crippen LogP contribution in [0.15, 0.2) is 76.0 Å². The maximum atomic E-state index is 14.0. The highest BCUT2D eigenvalue weighted by atomic mass is 35.5. The Labute approximate surface area is 253 Å². The van der Waals surface area contributed by atoms with Gasteiger partial charge in [0.1, 0.15) is 10.6 Å². The lowest BCUT2D eigenvalue weighted by atomic mass is 9.63. The SMILES string of the molecule is COCCCN1C2=C(C(=O)CC(C)(C)C2)C(c2ccccc2OS(=O)(=O)c2ccc(Cl)cc2)C2=C1CC(C)(C)CC2=O. The number of hydrogen-bond donors (Lipinski definition) is 0. The molecule has 0 N–H and O–H groups in total. The van der Waals surface area contributed by atoms with E-state index in [-0.39, 0.29) is 33.0 Å². The van der Waals surface area contributed by atoms with E-state index in [1.54, 1.807) is 31.4 Å². The number of ether oxygens (including phenoxy) is 1. The second kappa shape index (κ2) is 11.3. The summed E-state index contributed by atoms with van der Waals surface area (Å²) in [4.78, 5) is 30.3. The molecule has 0 atom stereocenters. The maximum absolute atomic E-state index is 14.0. The van der Waals surface area contributed by atoms with Crippen LogP contribution in [0.4, 0.5) is 0 Å². The van der Waals surface area contributed by atoms with E-state index in [2.05, 4.69) is 32.6 Å². The Morgan fingerprint density at radius 3 is 1.95 bits per heavy atom. The van der Waals surface area contributed by atoms with Gasteiger partial charge in [0.25, 0.3) is 0 Å². The molecule has 2 aliphatic carbocycles. The van der Waals surface area contributed by atoms with Crippen LogP contribution in [0, 0.1) is 10.8 Å². The number of allylic oxidation sites excluding steroid dienone is 4. The van der Waals surface area contributed by atoms with Gasteiger partial charge in [0.15, 0.2) is 11.6 Å². The summed E-state index contributed by atoms with van der Waals surface area (Å²) in [6.07, 6.45) is 2.73. The zero-order chi connectivity index (χ0) is 30.4. The topological polar surface area (TPSA) is 90.0 Å². The van der Waals surface area contributed by atoms with E-state index in [1.165, 1.54) is 24.3 Å². The number of para-hydroxylation sites is 1. The van der Waals surface area contributed by atoms with Crippen molar-refractivity contribution in [3.05, 3.63) is 81.7 Å². The molecule has 2 aromatic carbocycles. The Kier molecular flexibility index (Phi) is 8.20. The molecular weight excluding hydrogens is 574 g/mol. The Morgan fingerprint density at radius 2 is 1.40 bits per heavy atom. The van der Waals surface area contributed by atoms with Crippen molar-refractivity contribution in [3.63, 3.8) is 0 Å². The molecule has 0 bridgehead atoms. The lowest BCUT2D eigenvalue weighted by Crippen LogP contribution is -2.45. The van der Waals surface area contributed by atoms with Gasteiger partial charge in [-0.1, -0.05) is 57.5 Å². The normalized spacial score (nSPS) is 20.5. The van der Waals surface area contributed by atoms with E-state index < -0.39 is 16.0 Å². The number of rotatable bonds is 8. The zero-order valence-electron chi connectivity index (χ0n) is 24.8. The molecule has 5 rings (SSSR count). The van der Waals surface area contributed by atoms with E-state index in [1.807, 2.05) is 0 Å². The monoisotopic (exact) mass is 611 g/mol. The van der Waals surface area contributed by atoms with Crippen LogP contribution in [0.2, 0.25) is 5.02 Å². The molecule has 1 aliphatic heterocycles. The predicted molar refractivity (Wildman–Crippen MR) is 162 cm³/mol. The van der Waals surface area contributed by atoms with Gasteiger partial charge in [-0.05, 0) is 60.4 Å². The highest BCUT2D eigenvalue weighted by Crippen LogP contribution is 2.55. The van der Waals surface area contributed by atoms with Crippen LogP contribution in [-0.4, -0.2) is 45.1 Å². The molecule has 0 aromatic heterocycles. The average Bonchev–Trinajstić information content (AvgIpc) is 2.88. The lowest BCUT2D eigenvalue weighted by molar-refractivity contribution is -0.119. The van der Waals surface area contributed by atoms with Gasteiger partial charge in [-0.15, -0.1) is 0 Å². The largest absolute Gasteiger partial charge is 0.385 e. The smallest absolute Gasteiger partial charge is 0.339 e. The molecule has 0 radical (unpaired) electrons. The standard InChI is InChI=1S/C33H38ClNO6S/c1-32(2)17-24-30(26(36)19-32)29(31-25(35(24)15-8-16-40-5)18-33(3,4)20-27(31)37)23-9-6-7-10-28(23)41-42(38,39)22-13-11-21(34)12-14-22/h6-7,9-14,29H,8,15-20H2,1-5H3. The van der Waals surface area contributed by atoms with Gasteiger partial charge in [-0.3, -0.25) is 9.59 Å². The summed E-state index contributed by atoms with van der Waals surface area (Å²) in [6.45, 7) is 9.53. The van der Waals surface area contributed by atoms with E-state index in [9.17, 15) is 18.0 Å². The van der Waals surface area contributed by atoms with Gasteiger partial charge in [-0.2, -0.15) is 8.42 Å². The minimum Gasteiger partial charge on any atom is -0.385 e. The Balaban J connectivity index is 1.71. The van der Waals surface area contributed by atoms with Crippen molar-refractivity contribution in [3.8, 4) is 5.75 Å². The fourth-order valence-corrected chi connectivity index (χ4v) is 7.64. The molecule has 3 aliphatic rings. The molecule has 2 aromatic rings. The Bertz CT molecular complexity index is 1530. The van der Waals surface area contributed by atoms with Crippen LogP contribution in [-0.2, 0) is 24.4 Å². The molecule has 0 amide bonds. The van der Waals surface area contributed by atoms with Crippen molar-refractivity contribution in [2.45, 2.75) is 70.6 Å². The first-order chi connectivity index (χ1) is 19.7. The van der Waals surface area contributed by atoms with Crippen molar-refractivity contribution in [1.82, 2.24) is 4.90 Å². The second-order valence-electron chi connectivity index (χ2n) is 13.1. The average molecular weight is 612 g/mol. The second-order valence-corrected chi connectivity index (χ2v) is 15.0. The van der Waals surface area contributed by atoms with Gasteiger partial charge in [0.05, 0.1) is 0 Å². The van der Waals surface area contributed by atoms with Crippen molar-refractivity contribution < 1.29 is 26.9 Å². The van der Waals surface area contributed by atoms with Crippen molar-refractivity contribution in [2.24, 2.45) is 10.8 Å². The number of carbonyl (C=O) groups is 2. The van der Waals surface area contributed by atoms with E-state index in [0.717, 1.165) is 17.8 Å². The number of hydrogen-bond acceptors (Lipinski definition) is 7. The van der Waals surface area contributed by atoms with Crippen molar-refractivity contribution in [1.29, 1.82) is 0 Å². The number of nitrogens with zero attached hydrogens (tertiary/aromatic N) is 1. The fourth-order valence-electron chi connectivity index (χ4n) is 6.56. The summed E-state index contributed by atoms with van der Waals surface area (Å²) in [5.74, 6) is -0.679. The molecule has 42 heavy (non-hydrogen) atoms. The minimum absolute atomic E-state index is 0.0254. The molecule has 0 fully saturated rings. The minimum atomic E-state index is -4.22. The van der Waals surface area contributed by atoms with Crippen LogP contribution in [0.3, 0.4) is 0 Å². The van der Waals surface area contributed by atoms with Crippen LogP contribution in [0.5, 0.6) is 5.75 Å². The molecule has 0 saturated heterocycles. The van der Waals surface area contributed by atoms with Gasteiger partial charge in [0, 0.05) is 72.1 Å². The summed E-state index contributed by atoms with van der Waals surface area (Å²) < 4.78 is 37.8. The van der Waals surface area contributed by atoms with E-state index >= 15 is 0 Å². The van der Waals surface area contributed by atoms with E-state index in [0.29, 0.717) is 60.6 Å². The predicted octanol–water partition coefficient (Wildman–Crippen LogP) is 6.83. The quantitative estimate of drug-likeness (QED) is 0.239. The Hall–Kier alpha value is -2.94. The van der Waals surface area contributed by atoms with Crippen molar-refractivity contribution in [2.75, 3.05) is 20.3 Å². The zero-order valence-corrected chi connectivity index (χ0v) is 26.4.